The number of nitrogens with zero attached hydrogens (tertiary/aromatic N) is 1. The molecule has 1 atom stereocenters. The summed E-state index contributed by atoms with van der Waals surface area (Å²) in [7, 11) is -1.89. The predicted octanol–water partition coefficient (Wildman–Crippen LogP) is 1.77. The Bertz CT molecular complexity index is 540. The van der Waals surface area contributed by atoms with Crippen LogP contribution in [-0.4, -0.2) is 26.3 Å². The van der Waals surface area contributed by atoms with Crippen LogP contribution in [0.3, 0.4) is 0 Å². The predicted molar refractivity (Wildman–Crippen MR) is 72.6 cm³/mol. The molecule has 0 fully saturated rings. The van der Waals surface area contributed by atoms with Crippen molar-refractivity contribution in [1.82, 2.24) is 9.03 Å². The van der Waals surface area contributed by atoms with Crippen LogP contribution in [0.2, 0.25) is 0 Å². The maximum absolute atomic E-state index is 12.0. The second kappa shape index (κ2) is 4.99. The van der Waals surface area contributed by atoms with Gasteiger partial charge in [0.05, 0.1) is 6.04 Å². The van der Waals surface area contributed by atoms with E-state index in [-0.39, 0.29) is 6.04 Å². The maximum Gasteiger partial charge on any atom is 0.279 e. The lowest BCUT2D eigenvalue weighted by Gasteiger charge is -2.35. The second-order valence-electron chi connectivity index (χ2n) is 4.70. The number of rotatable bonds is 3. The van der Waals surface area contributed by atoms with Crippen molar-refractivity contribution in [2.45, 2.75) is 32.7 Å². The van der Waals surface area contributed by atoms with Gasteiger partial charge in [-0.05, 0) is 30.9 Å². The second-order valence-corrected chi connectivity index (χ2v) is 6.52. The fraction of sp³-hybridized carbons (Fsp3) is 0.538. The van der Waals surface area contributed by atoms with Crippen molar-refractivity contribution in [3.05, 3.63) is 34.9 Å². The molecule has 0 saturated carbocycles. The fourth-order valence-electron chi connectivity index (χ4n) is 2.65. The largest absolute Gasteiger partial charge is 0.279 e. The molecule has 1 aliphatic rings. The minimum absolute atomic E-state index is 0.0493. The van der Waals surface area contributed by atoms with Gasteiger partial charge in [-0.1, -0.05) is 30.7 Å². The van der Waals surface area contributed by atoms with Gasteiger partial charge in [0.15, 0.2) is 0 Å². The fourth-order valence-corrected chi connectivity index (χ4v) is 3.81. The SMILES string of the molecule is CCC1c2ccc(C)cc2CCN1S(=O)(=O)NC. The zero-order valence-corrected chi connectivity index (χ0v) is 11.9. The van der Waals surface area contributed by atoms with Gasteiger partial charge in [0.1, 0.15) is 0 Å². The van der Waals surface area contributed by atoms with Gasteiger partial charge >= 0.3 is 0 Å². The number of hydrogen-bond acceptors (Lipinski definition) is 2. The first-order valence-electron chi connectivity index (χ1n) is 6.29. The third-order valence-electron chi connectivity index (χ3n) is 3.56. The van der Waals surface area contributed by atoms with Crippen LogP contribution in [0.25, 0.3) is 0 Å². The summed E-state index contributed by atoms with van der Waals surface area (Å²) in [5.74, 6) is 0. The lowest BCUT2D eigenvalue weighted by Crippen LogP contribution is -2.44. The normalized spacial score (nSPS) is 20.7. The van der Waals surface area contributed by atoms with Crippen molar-refractivity contribution in [3.8, 4) is 0 Å². The van der Waals surface area contributed by atoms with E-state index in [1.165, 1.54) is 18.2 Å². The van der Waals surface area contributed by atoms with Crippen molar-refractivity contribution >= 4 is 10.2 Å². The molecule has 0 aliphatic carbocycles. The van der Waals surface area contributed by atoms with Crippen molar-refractivity contribution in [2.75, 3.05) is 13.6 Å². The van der Waals surface area contributed by atoms with Gasteiger partial charge in [-0.15, -0.1) is 0 Å². The molecule has 0 aromatic heterocycles. The first-order valence-corrected chi connectivity index (χ1v) is 7.73. The molecule has 0 amide bonds. The quantitative estimate of drug-likeness (QED) is 0.908. The molecule has 0 saturated heterocycles. The third-order valence-corrected chi connectivity index (χ3v) is 5.13. The summed E-state index contributed by atoms with van der Waals surface area (Å²) in [6.07, 6.45) is 1.57. The van der Waals surface area contributed by atoms with Crippen LogP contribution in [-0.2, 0) is 16.6 Å². The summed E-state index contributed by atoms with van der Waals surface area (Å²) in [6, 6.07) is 6.24. The average Bonchev–Trinajstić information content (AvgIpc) is 2.36. The summed E-state index contributed by atoms with van der Waals surface area (Å²) >= 11 is 0. The van der Waals surface area contributed by atoms with E-state index < -0.39 is 10.2 Å². The summed E-state index contributed by atoms with van der Waals surface area (Å²) in [4.78, 5) is 0. The average molecular weight is 268 g/mol. The van der Waals surface area contributed by atoms with Crippen molar-refractivity contribution < 1.29 is 8.42 Å². The Kier molecular flexibility index (Phi) is 3.75. The molecule has 5 heteroatoms. The van der Waals surface area contributed by atoms with Crippen LogP contribution in [0, 0.1) is 6.92 Å². The minimum atomic E-state index is -3.35. The van der Waals surface area contributed by atoms with Crippen LogP contribution < -0.4 is 4.72 Å². The van der Waals surface area contributed by atoms with Gasteiger partial charge in [0.2, 0.25) is 0 Å². The Hall–Kier alpha value is -0.910. The van der Waals surface area contributed by atoms with E-state index in [2.05, 4.69) is 29.8 Å². The summed E-state index contributed by atoms with van der Waals surface area (Å²) < 4.78 is 28.0. The monoisotopic (exact) mass is 268 g/mol. The standard InChI is InChI=1S/C13H20N2O2S/c1-4-13-12-6-5-10(2)9-11(12)7-8-15(13)18(16,17)14-3/h5-6,9,13-14H,4,7-8H2,1-3H3. The van der Waals surface area contributed by atoms with Crippen LogP contribution in [0.4, 0.5) is 0 Å². The molecule has 1 N–H and O–H groups in total. The molecule has 1 unspecified atom stereocenters. The van der Waals surface area contributed by atoms with E-state index in [9.17, 15) is 8.42 Å². The Morgan fingerprint density at radius 1 is 1.44 bits per heavy atom. The molecule has 1 aromatic rings. The van der Waals surface area contributed by atoms with E-state index in [1.807, 2.05) is 6.92 Å². The molecule has 1 aromatic carbocycles. The number of hydrogen-bond donors (Lipinski definition) is 1. The van der Waals surface area contributed by atoms with Crippen molar-refractivity contribution in [1.29, 1.82) is 0 Å². The summed E-state index contributed by atoms with van der Waals surface area (Å²) in [5.41, 5.74) is 3.66. The molecule has 2 rings (SSSR count). The molecule has 1 aliphatic heterocycles. The Balaban J connectivity index is 2.45. The van der Waals surface area contributed by atoms with E-state index in [0.29, 0.717) is 6.54 Å². The zero-order valence-electron chi connectivity index (χ0n) is 11.1. The molecule has 1 heterocycles. The Morgan fingerprint density at radius 2 is 2.17 bits per heavy atom. The molecular weight excluding hydrogens is 248 g/mol. The lowest BCUT2D eigenvalue weighted by atomic mass is 9.91. The molecule has 0 spiro atoms. The molecule has 18 heavy (non-hydrogen) atoms. The van der Waals surface area contributed by atoms with Crippen LogP contribution in [0.15, 0.2) is 18.2 Å². The first kappa shape index (κ1) is 13.5. The van der Waals surface area contributed by atoms with E-state index >= 15 is 0 Å². The Morgan fingerprint density at radius 3 is 2.78 bits per heavy atom. The van der Waals surface area contributed by atoms with Gasteiger partial charge in [-0.2, -0.15) is 12.7 Å². The number of nitrogens with one attached hydrogen (secondary N) is 1. The van der Waals surface area contributed by atoms with Crippen LogP contribution >= 0.6 is 0 Å². The van der Waals surface area contributed by atoms with Crippen molar-refractivity contribution in [2.24, 2.45) is 0 Å². The lowest BCUT2D eigenvalue weighted by molar-refractivity contribution is 0.298. The third kappa shape index (κ3) is 2.30. The van der Waals surface area contributed by atoms with Gasteiger partial charge in [-0.25, -0.2) is 4.72 Å². The summed E-state index contributed by atoms with van der Waals surface area (Å²) in [5, 5.41) is 0. The molecular formula is C13H20N2O2S. The van der Waals surface area contributed by atoms with Crippen LogP contribution in [0.5, 0.6) is 0 Å². The van der Waals surface area contributed by atoms with Gasteiger partial charge in [0, 0.05) is 13.6 Å². The van der Waals surface area contributed by atoms with Gasteiger partial charge in [0.25, 0.3) is 10.2 Å². The first-order chi connectivity index (χ1) is 8.49. The maximum atomic E-state index is 12.0. The molecule has 0 bridgehead atoms. The molecule has 100 valence electrons. The van der Waals surface area contributed by atoms with Crippen molar-refractivity contribution in [3.63, 3.8) is 0 Å². The highest BCUT2D eigenvalue weighted by molar-refractivity contribution is 7.87. The molecule has 0 radical (unpaired) electrons. The minimum Gasteiger partial charge on any atom is -0.205 e. The highest BCUT2D eigenvalue weighted by atomic mass is 32.2. The number of benzene rings is 1. The number of aryl methyl sites for hydroxylation is 1. The van der Waals surface area contributed by atoms with Gasteiger partial charge < -0.3 is 0 Å². The molecule has 4 nitrogen and oxygen atoms in total. The van der Waals surface area contributed by atoms with E-state index in [1.54, 1.807) is 4.31 Å². The smallest absolute Gasteiger partial charge is 0.205 e. The summed E-state index contributed by atoms with van der Waals surface area (Å²) in [6.45, 7) is 4.65. The highest BCUT2D eigenvalue weighted by Crippen LogP contribution is 2.33. The number of fused-ring (bicyclic) bond motifs is 1. The van der Waals surface area contributed by atoms with Crippen LogP contribution in [0.1, 0.15) is 36.1 Å². The van der Waals surface area contributed by atoms with E-state index in [0.717, 1.165) is 18.4 Å². The zero-order chi connectivity index (χ0) is 13.3. The van der Waals surface area contributed by atoms with E-state index in [4.69, 9.17) is 0 Å². The highest BCUT2D eigenvalue weighted by Gasteiger charge is 2.33. The van der Waals surface area contributed by atoms with Gasteiger partial charge in [-0.3, -0.25) is 0 Å². The Labute approximate surface area is 109 Å². The topological polar surface area (TPSA) is 49.4 Å².